The molecule has 0 atom stereocenters. The lowest BCUT2D eigenvalue weighted by atomic mass is 10.3. The first-order chi connectivity index (χ1) is 5.13. The van der Waals surface area contributed by atoms with Gasteiger partial charge in [0, 0.05) is 6.20 Å². The molecule has 1 heterocycles. The summed E-state index contributed by atoms with van der Waals surface area (Å²) in [6, 6.07) is 1.15. The highest BCUT2D eigenvalue weighted by Crippen LogP contribution is 2.31. The first kappa shape index (κ1) is 9.04. The van der Waals surface area contributed by atoms with Crippen LogP contribution in [-0.2, 0) is 0 Å². The number of pyridine rings is 1. The van der Waals surface area contributed by atoms with Crippen LogP contribution in [0, 0.1) is 5.82 Å². The van der Waals surface area contributed by atoms with Crippen LogP contribution >= 0.6 is 34.8 Å². The second-order valence-corrected chi connectivity index (χ2v) is 3.25. The Bertz CT molecular complexity index is 244. The van der Waals surface area contributed by atoms with Crippen LogP contribution in [-0.4, -0.2) is 4.98 Å². The van der Waals surface area contributed by atoms with Gasteiger partial charge in [0.1, 0.15) is 15.8 Å². The minimum atomic E-state index is -0.976. The Hall–Kier alpha value is -0.0500. The van der Waals surface area contributed by atoms with Gasteiger partial charge in [-0.2, -0.15) is 0 Å². The van der Waals surface area contributed by atoms with E-state index in [0.29, 0.717) is 0 Å². The van der Waals surface area contributed by atoms with E-state index in [1.807, 2.05) is 0 Å². The molecule has 0 saturated heterocycles. The molecule has 0 fully saturated rings. The van der Waals surface area contributed by atoms with Gasteiger partial charge in [0.2, 0.25) is 0 Å². The smallest absolute Gasteiger partial charge is 0.138 e. The van der Waals surface area contributed by atoms with E-state index in [2.05, 4.69) is 4.98 Å². The van der Waals surface area contributed by atoms with E-state index in [9.17, 15) is 4.39 Å². The lowest BCUT2D eigenvalue weighted by Gasteiger charge is -2.03. The van der Waals surface area contributed by atoms with Gasteiger partial charge in [-0.1, -0.05) is 34.8 Å². The Morgan fingerprint density at radius 1 is 1.45 bits per heavy atom. The molecule has 0 bridgehead atoms. The SMILES string of the molecule is Fc1ccnc(Cl)c1C(Cl)Cl. The molecule has 60 valence electrons. The maximum atomic E-state index is 12.8. The predicted octanol–water partition coefficient (Wildman–Crippen LogP) is 3.35. The van der Waals surface area contributed by atoms with Crippen LogP contribution in [0.25, 0.3) is 0 Å². The number of alkyl halides is 2. The summed E-state index contributed by atoms with van der Waals surface area (Å²) in [5, 5.41) is 0.000000000000000444. The van der Waals surface area contributed by atoms with E-state index in [1.54, 1.807) is 0 Å². The molecule has 5 heteroatoms. The maximum Gasteiger partial charge on any atom is 0.138 e. The van der Waals surface area contributed by atoms with Crippen molar-refractivity contribution in [2.24, 2.45) is 0 Å². The average molecular weight is 214 g/mol. The predicted molar refractivity (Wildman–Crippen MR) is 43.7 cm³/mol. The zero-order chi connectivity index (χ0) is 8.43. The van der Waals surface area contributed by atoms with Crippen molar-refractivity contribution in [2.75, 3.05) is 0 Å². The highest BCUT2D eigenvalue weighted by Gasteiger charge is 2.14. The lowest BCUT2D eigenvalue weighted by molar-refractivity contribution is 0.613. The zero-order valence-corrected chi connectivity index (χ0v) is 7.46. The number of nitrogens with zero attached hydrogens (tertiary/aromatic N) is 1. The van der Waals surface area contributed by atoms with Gasteiger partial charge in [0.15, 0.2) is 0 Å². The standard InChI is InChI=1S/C6H3Cl3FN/c7-5(8)4-3(10)1-2-11-6(4)9/h1-2,5H. The average Bonchev–Trinajstić information content (AvgIpc) is 1.85. The van der Waals surface area contributed by atoms with Gasteiger partial charge >= 0.3 is 0 Å². The van der Waals surface area contributed by atoms with E-state index in [-0.39, 0.29) is 10.7 Å². The van der Waals surface area contributed by atoms with Crippen LogP contribution in [0.3, 0.4) is 0 Å². The van der Waals surface area contributed by atoms with Crippen molar-refractivity contribution in [2.45, 2.75) is 4.84 Å². The van der Waals surface area contributed by atoms with Crippen molar-refractivity contribution in [3.8, 4) is 0 Å². The fourth-order valence-electron chi connectivity index (χ4n) is 0.620. The monoisotopic (exact) mass is 213 g/mol. The van der Waals surface area contributed by atoms with Crippen molar-refractivity contribution in [3.05, 3.63) is 28.8 Å². The van der Waals surface area contributed by atoms with Gasteiger partial charge in [0.25, 0.3) is 0 Å². The molecule has 0 saturated carbocycles. The summed E-state index contributed by atoms with van der Waals surface area (Å²) in [5.74, 6) is -0.542. The minimum absolute atomic E-state index is 0.000000000000000444. The molecule has 0 aliphatic carbocycles. The van der Waals surface area contributed by atoms with Gasteiger partial charge < -0.3 is 0 Å². The summed E-state index contributed by atoms with van der Waals surface area (Å²) in [6.45, 7) is 0. The molecule has 1 rings (SSSR count). The Kier molecular flexibility index (Phi) is 2.93. The topological polar surface area (TPSA) is 12.9 Å². The number of rotatable bonds is 1. The fourth-order valence-corrected chi connectivity index (χ4v) is 1.40. The van der Waals surface area contributed by atoms with Gasteiger partial charge in [0.05, 0.1) is 5.56 Å². The number of halogens is 4. The molecule has 1 aromatic heterocycles. The van der Waals surface area contributed by atoms with E-state index in [1.165, 1.54) is 6.20 Å². The molecule has 1 nitrogen and oxygen atoms in total. The second kappa shape index (κ2) is 3.57. The first-order valence-corrected chi connectivity index (χ1v) is 3.96. The Morgan fingerprint density at radius 3 is 2.45 bits per heavy atom. The number of hydrogen-bond donors (Lipinski definition) is 0. The second-order valence-electron chi connectivity index (χ2n) is 1.80. The molecule has 1 aromatic rings. The van der Waals surface area contributed by atoms with Crippen molar-refractivity contribution >= 4 is 34.8 Å². The molecule has 0 aliphatic heterocycles. The molecule has 0 aliphatic rings. The van der Waals surface area contributed by atoms with Crippen molar-refractivity contribution in [1.82, 2.24) is 4.98 Å². The Labute approximate surface area is 78.1 Å². The Morgan fingerprint density at radius 2 is 2.09 bits per heavy atom. The number of hydrogen-bond acceptors (Lipinski definition) is 1. The molecule has 11 heavy (non-hydrogen) atoms. The van der Waals surface area contributed by atoms with Crippen molar-refractivity contribution in [3.63, 3.8) is 0 Å². The van der Waals surface area contributed by atoms with Crippen LogP contribution in [0.15, 0.2) is 12.3 Å². The van der Waals surface area contributed by atoms with E-state index < -0.39 is 10.7 Å². The van der Waals surface area contributed by atoms with E-state index >= 15 is 0 Å². The third-order valence-electron chi connectivity index (χ3n) is 1.11. The van der Waals surface area contributed by atoms with Crippen LogP contribution in [0.5, 0.6) is 0 Å². The third kappa shape index (κ3) is 1.95. The van der Waals surface area contributed by atoms with Crippen LogP contribution in [0.4, 0.5) is 4.39 Å². The van der Waals surface area contributed by atoms with Gasteiger partial charge in [-0.05, 0) is 6.07 Å². The fraction of sp³-hybridized carbons (Fsp3) is 0.167. The largest absolute Gasteiger partial charge is 0.244 e. The summed E-state index contributed by atoms with van der Waals surface area (Å²) in [5.41, 5.74) is 0.0255. The molecule has 0 aromatic carbocycles. The minimum Gasteiger partial charge on any atom is -0.244 e. The van der Waals surface area contributed by atoms with Gasteiger partial charge in [-0.15, -0.1) is 0 Å². The van der Waals surface area contributed by atoms with Crippen LogP contribution in [0.2, 0.25) is 5.15 Å². The Balaban J connectivity index is 3.21. The summed E-state index contributed by atoms with van der Waals surface area (Å²) >= 11 is 16.3. The van der Waals surface area contributed by atoms with Crippen LogP contribution in [0.1, 0.15) is 10.4 Å². The summed E-state index contributed by atoms with van der Waals surface area (Å²) in [4.78, 5) is 2.64. The highest BCUT2D eigenvalue weighted by atomic mass is 35.5. The van der Waals surface area contributed by atoms with E-state index in [0.717, 1.165) is 6.07 Å². The molecular formula is C6H3Cl3FN. The highest BCUT2D eigenvalue weighted by molar-refractivity contribution is 6.45. The van der Waals surface area contributed by atoms with Gasteiger partial charge in [-0.25, -0.2) is 9.37 Å². The third-order valence-corrected chi connectivity index (χ3v) is 1.84. The normalized spacial score (nSPS) is 10.6. The quantitative estimate of drug-likeness (QED) is 0.516. The van der Waals surface area contributed by atoms with Gasteiger partial charge in [-0.3, -0.25) is 0 Å². The molecule has 0 radical (unpaired) electrons. The number of aromatic nitrogens is 1. The molecular weight excluding hydrogens is 211 g/mol. The maximum absolute atomic E-state index is 12.8. The molecule has 0 unspecified atom stereocenters. The first-order valence-electron chi connectivity index (χ1n) is 2.71. The van der Waals surface area contributed by atoms with E-state index in [4.69, 9.17) is 34.8 Å². The lowest BCUT2D eigenvalue weighted by Crippen LogP contribution is -1.92. The van der Waals surface area contributed by atoms with Crippen LogP contribution < -0.4 is 0 Å². The summed E-state index contributed by atoms with van der Waals surface area (Å²) in [6.07, 6.45) is 1.25. The molecule has 0 N–H and O–H groups in total. The molecule has 0 amide bonds. The summed E-state index contributed by atoms with van der Waals surface area (Å²) in [7, 11) is 0. The molecule has 0 spiro atoms. The van der Waals surface area contributed by atoms with Crippen molar-refractivity contribution in [1.29, 1.82) is 0 Å². The summed E-state index contributed by atoms with van der Waals surface area (Å²) < 4.78 is 12.8. The van der Waals surface area contributed by atoms with Crippen molar-refractivity contribution < 1.29 is 4.39 Å². The zero-order valence-electron chi connectivity index (χ0n) is 5.19.